The van der Waals surface area contributed by atoms with Crippen LogP contribution in [0.3, 0.4) is 0 Å². The Bertz CT molecular complexity index is 322. The van der Waals surface area contributed by atoms with Crippen molar-refractivity contribution in [2.75, 3.05) is 0 Å². The lowest BCUT2D eigenvalue weighted by Crippen LogP contribution is -2.18. The van der Waals surface area contributed by atoms with Gasteiger partial charge in [0.1, 0.15) is 12.6 Å². The van der Waals surface area contributed by atoms with Crippen LogP contribution in [0, 0.1) is 23.2 Å². The van der Waals surface area contributed by atoms with Gasteiger partial charge in [-0.2, -0.15) is 5.26 Å². The SMILES string of the molecule is CCCCCC(C=O)C(C=O)CCCCCCCCCCC#N. The lowest BCUT2D eigenvalue weighted by Gasteiger charge is -2.17. The summed E-state index contributed by atoms with van der Waals surface area (Å²) in [6.45, 7) is 2.15. The topological polar surface area (TPSA) is 57.9 Å². The zero-order valence-electron chi connectivity index (χ0n) is 15.0. The summed E-state index contributed by atoms with van der Waals surface area (Å²) in [5.41, 5.74) is 0. The van der Waals surface area contributed by atoms with Crippen molar-refractivity contribution in [3.8, 4) is 6.07 Å². The van der Waals surface area contributed by atoms with Crippen LogP contribution in [0.15, 0.2) is 0 Å². The van der Waals surface area contributed by atoms with E-state index in [1.807, 2.05) is 0 Å². The van der Waals surface area contributed by atoms with E-state index in [1.54, 1.807) is 0 Å². The van der Waals surface area contributed by atoms with Crippen molar-refractivity contribution in [2.45, 2.75) is 96.8 Å². The monoisotopic (exact) mass is 321 g/mol. The molecular formula is C20H35NO2. The van der Waals surface area contributed by atoms with E-state index in [0.29, 0.717) is 6.42 Å². The lowest BCUT2D eigenvalue weighted by atomic mass is 9.86. The molecule has 0 heterocycles. The molecule has 23 heavy (non-hydrogen) atoms. The van der Waals surface area contributed by atoms with Gasteiger partial charge in [-0.05, 0) is 19.3 Å². The first kappa shape index (κ1) is 21.8. The highest BCUT2D eigenvalue weighted by Gasteiger charge is 2.19. The number of rotatable bonds is 17. The first-order valence-electron chi connectivity index (χ1n) is 9.57. The maximum Gasteiger partial charge on any atom is 0.123 e. The molecule has 0 aliphatic carbocycles. The summed E-state index contributed by atoms with van der Waals surface area (Å²) < 4.78 is 0. The lowest BCUT2D eigenvalue weighted by molar-refractivity contribution is -0.119. The molecule has 0 amide bonds. The molecule has 0 aromatic carbocycles. The highest BCUT2D eigenvalue weighted by molar-refractivity contribution is 5.64. The highest BCUT2D eigenvalue weighted by atomic mass is 16.1. The second-order valence-electron chi connectivity index (χ2n) is 6.62. The average molecular weight is 322 g/mol. The zero-order valence-corrected chi connectivity index (χ0v) is 15.0. The van der Waals surface area contributed by atoms with Crippen molar-refractivity contribution in [3.05, 3.63) is 0 Å². The third-order valence-corrected chi connectivity index (χ3v) is 4.62. The van der Waals surface area contributed by atoms with Gasteiger partial charge in [0.25, 0.3) is 0 Å². The van der Waals surface area contributed by atoms with Crippen LogP contribution in [0.2, 0.25) is 0 Å². The van der Waals surface area contributed by atoms with Gasteiger partial charge in [0, 0.05) is 18.3 Å². The Labute approximate surface area is 142 Å². The molecule has 132 valence electrons. The second-order valence-corrected chi connectivity index (χ2v) is 6.62. The fourth-order valence-corrected chi connectivity index (χ4v) is 3.04. The van der Waals surface area contributed by atoms with Gasteiger partial charge in [-0.1, -0.05) is 71.1 Å². The third-order valence-electron chi connectivity index (χ3n) is 4.62. The Hall–Kier alpha value is -1.17. The Balaban J connectivity index is 3.64. The van der Waals surface area contributed by atoms with Crippen molar-refractivity contribution in [1.82, 2.24) is 0 Å². The molecule has 0 rings (SSSR count). The highest BCUT2D eigenvalue weighted by Crippen LogP contribution is 2.22. The minimum Gasteiger partial charge on any atom is -0.303 e. The van der Waals surface area contributed by atoms with Gasteiger partial charge in [-0.15, -0.1) is 0 Å². The van der Waals surface area contributed by atoms with E-state index in [-0.39, 0.29) is 11.8 Å². The van der Waals surface area contributed by atoms with E-state index in [2.05, 4.69) is 13.0 Å². The number of nitrogens with zero attached hydrogens (tertiary/aromatic N) is 1. The van der Waals surface area contributed by atoms with Crippen LogP contribution in [-0.4, -0.2) is 12.6 Å². The number of aldehydes is 2. The average Bonchev–Trinajstić information content (AvgIpc) is 2.57. The summed E-state index contributed by atoms with van der Waals surface area (Å²) in [5.74, 6) is -0.144. The minimum absolute atomic E-state index is 0.0702. The molecule has 0 radical (unpaired) electrons. The van der Waals surface area contributed by atoms with E-state index in [0.717, 1.165) is 63.9 Å². The molecule has 0 fully saturated rings. The number of hydrogen-bond acceptors (Lipinski definition) is 3. The van der Waals surface area contributed by atoms with Gasteiger partial charge in [-0.3, -0.25) is 0 Å². The van der Waals surface area contributed by atoms with Crippen LogP contribution in [0.25, 0.3) is 0 Å². The van der Waals surface area contributed by atoms with Crippen LogP contribution in [-0.2, 0) is 9.59 Å². The summed E-state index contributed by atoms with van der Waals surface area (Å²) in [4.78, 5) is 22.5. The van der Waals surface area contributed by atoms with Crippen LogP contribution >= 0.6 is 0 Å². The first-order valence-corrected chi connectivity index (χ1v) is 9.57. The molecule has 0 aliphatic heterocycles. The predicted octanol–water partition coefficient (Wildman–Crippen LogP) is 5.62. The molecule has 0 bridgehead atoms. The Morgan fingerprint density at radius 2 is 1.17 bits per heavy atom. The van der Waals surface area contributed by atoms with Crippen molar-refractivity contribution >= 4 is 12.6 Å². The fraction of sp³-hybridized carbons (Fsp3) is 0.850. The smallest absolute Gasteiger partial charge is 0.123 e. The van der Waals surface area contributed by atoms with E-state index >= 15 is 0 Å². The van der Waals surface area contributed by atoms with Crippen molar-refractivity contribution in [2.24, 2.45) is 11.8 Å². The van der Waals surface area contributed by atoms with Gasteiger partial charge >= 0.3 is 0 Å². The van der Waals surface area contributed by atoms with E-state index in [4.69, 9.17) is 5.26 Å². The summed E-state index contributed by atoms with van der Waals surface area (Å²) in [6, 6.07) is 2.18. The summed E-state index contributed by atoms with van der Waals surface area (Å²) in [6.07, 6.45) is 17.1. The maximum atomic E-state index is 11.2. The van der Waals surface area contributed by atoms with Crippen LogP contribution in [0.1, 0.15) is 96.8 Å². The number of hydrogen-bond donors (Lipinski definition) is 0. The molecular weight excluding hydrogens is 286 g/mol. The van der Waals surface area contributed by atoms with Crippen LogP contribution in [0.5, 0.6) is 0 Å². The number of unbranched alkanes of at least 4 members (excludes halogenated alkanes) is 10. The molecule has 0 saturated heterocycles. The Morgan fingerprint density at radius 3 is 1.61 bits per heavy atom. The van der Waals surface area contributed by atoms with E-state index < -0.39 is 0 Å². The normalized spacial score (nSPS) is 13.2. The summed E-state index contributed by atoms with van der Waals surface area (Å²) >= 11 is 0. The predicted molar refractivity (Wildman–Crippen MR) is 95.0 cm³/mol. The Kier molecular flexibility index (Phi) is 16.3. The molecule has 2 unspecified atom stereocenters. The molecule has 2 atom stereocenters. The van der Waals surface area contributed by atoms with Gasteiger partial charge in [0.15, 0.2) is 0 Å². The third kappa shape index (κ3) is 13.0. The molecule has 3 nitrogen and oxygen atoms in total. The fourth-order valence-electron chi connectivity index (χ4n) is 3.04. The van der Waals surface area contributed by atoms with Gasteiger partial charge in [0.05, 0.1) is 6.07 Å². The standard InChI is InChI=1S/C20H35NO2/c1-2-3-11-14-19(17-22)20(18-23)15-12-9-7-5-4-6-8-10-13-16-21/h17-20H,2-15H2,1H3. The largest absolute Gasteiger partial charge is 0.303 e. The molecule has 0 aromatic rings. The van der Waals surface area contributed by atoms with Gasteiger partial charge in [0.2, 0.25) is 0 Å². The summed E-state index contributed by atoms with van der Waals surface area (Å²) in [5, 5.41) is 8.45. The molecule has 0 aromatic heterocycles. The second kappa shape index (κ2) is 17.2. The number of carbonyl (C=O) groups excluding carboxylic acids is 2. The molecule has 0 aliphatic rings. The zero-order chi connectivity index (χ0) is 17.2. The van der Waals surface area contributed by atoms with Gasteiger partial charge in [-0.25, -0.2) is 0 Å². The van der Waals surface area contributed by atoms with Crippen molar-refractivity contribution < 1.29 is 9.59 Å². The van der Waals surface area contributed by atoms with Crippen LogP contribution < -0.4 is 0 Å². The van der Waals surface area contributed by atoms with Gasteiger partial charge < -0.3 is 9.59 Å². The quantitative estimate of drug-likeness (QED) is 0.258. The Morgan fingerprint density at radius 1 is 0.739 bits per heavy atom. The van der Waals surface area contributed by atoms with E-state index in [9.17, 15) is 9.59 Å². The minimum atomic E-state index is -0.0738. The van der Waals surface area contributed by atoms with Crippen molar-refractivity contribution in [3.63, 3.8) is 0 Å². The molecule has 0 saturated carbocycles. The number of carbonyl (C=O) groups is 2. The van der Waals surface area contributed by atoms with E-state index in [1.165, 1.54) is 32.1 Å². The molecule has 0 spiro atoms. The summed E-state index contributed by atoms with van der Waals surface area (Å²) in [7, 11) is 0. The molecule has 0 N–H and O–H groups in total. The number of nitriles is 1. The maximum absolute atomic E-state index is 11.2. The first-order chi connectivity index (χ1) is 11.3. The van der Waals surface area contributed by atoms with Crippen LogP contribution in [0.4, 0.5) is 0 Å². The molecule has 3 heteroatoms. The van der Waals surface area contributed by atoms with Crippen molar-refractivity contribution in [1.29, 1.82) is 5.26 Å².